The Hall–Kier alpha value is -4.39. The summed E-state index contributed by atoms with van der Waals surface area (Å²) >= 11 is 0. The number of amides is 1. The Morgan fingerprint density at radius 1 is 1.16 bits per heavy atom. The summed E-state index contributed by atoms with van der Waals surface area (Å²) in [6.45, 7) is 9.28. The minimum atomic E-state index is -2.63. The molecule has 1 saturated carbocycles. The molecule has 0 unspecified atom stereocenters. The van der Waals surface area contributed by atoms with Crippen LogP contribution in [0.25, 0.3) is 22.0 Å². The van der Waals surface area contributed by atoms with Gasteiger partial charge < -0.3 is 20.0 Å². The van der Waals surface area contributed by atoms with Gasteiger partial charge in [-0.1, -0.05) is 27.7 Å². The standard InChI is InChI=1S/C24H18F2N4O4.C4H8O2S.2C2H6/c1-11(31)20-18(15-3-2-5-28-24(15)33)19-17(8-16(25)14-4-6-34-21(14)19)30(20)10-13-7-12(23(27)32)9-29-22(13)26;1-7(5,6)4-2-3-4;2*1-2/h2-3,5,7-9H,4,6,10H2,1H3,(H2,27,32)(H,28,33);4H,2-3H2,1H3;2*1-2H3. The van der Waals surface area contributed by atoms with E-state index in [1.165, 1.54) is 36.1 Å². The second-order valence-corrected chi connectivity index (χ2v) is 12.3. The number of Topliss-reactive ketones (excluding diaryl/α,β-unsaturated/α-hetero) is 1. The van der Waals surface area contributed by atoms with E-state index in [-0.39, 0.29) is 57.6 Å². The first-order valence-electron chi connectivity index (χ1n) is 14.7. The van der Waals surface area contributed by atoms with Gasteiger partial charge in [-0.25, -0.2) is 17.8 Å². The summed E-state index contributed by atoms with van der Waals surface area (Å²) < 4.78 is 57.6. The van der Waals surface area contributed by atoms with E-state index in [4.69, 9.17) is 10.5 Å². The molecule has 0 bridgehead atoms. The molecular formula is C32H38F2N4O6S. The van der Waals surface area contributed by atoms with E-state index in [9.17, 15) is 27.2 Å². The van der Waals surface area contributed by atoms with Gasteiger partial charge in [0.2, 0.25) is 11.9 Å². The van der Waals surface area contributed by atoms with Crippen molar-refractivity contribution < 1.29 is 31.5 Å². The molecule has 13 heteroatoms. The number of benzene rings is 1. The fraction of sp³-hybridized carbons (Fsp3) is 0.375. The van der Waals surface area contributed by atoms with E-state index in [0.717, 1.165) is 19.0 Å². The molecule has 1 amide bonds. The minimum Gasteiger partial charge on any atom is -0.492 e. The number of carbonyl (C=O) groups is 2. The van der Waals surface area contributed by atoms with Crippen LogP contribution in [-0.2, 0) is 22.8 Å². The number of sulfone groups is 1. The second-order valence-electron chi connectivity index (χ2n) is 10.0. The van der Waals surface area contributed by atoms with Gasteiger partial charge in [-0.3, -0.25) is 14.4 Å². The predicted octanol–water partition coefficient (Wildman–Crippen LogP) is 5.20. The molecule has 0 spiro atoms. The summed E-state index contributed by atoms with van der Waals surface area (Å²) in [6, 6.07) is 5.63. The molecule has 6 rings (SSSR count). The molecule has 45 heavy (non-hydrogen) atoms. The van der Waals surface area contributed by atoms with Crippen molar-refractivity contribution in [2.45, 2.75) is 65.7 Å². The van der Waals surface area contributed by atoms with E-state index < -0.39 is 38.9 Å². The number of halogens is 2. The summed E-state index contributed by atoms with van der Waals surface area (Å²) in [4.78, 5) is 43.4. The van der Waals surface area contributed by atoms with Crippen LogP contribution in [0.3, 0.4) is 0 Å². The second kappa shape index (κ2) is 14.6. The quantitative estimate of drug-likeness (QED) is 0.216. The number of nitrogens with zero attached hydrogens (tertiary/aromatic N) is 2. The van der Waals surface area contributed by atoms with Crippen molar-refractivity contribution in [3.63, 3.8) is 0 Å². The van der Waals surface area contributed by atoms with E-state index in [0.29, 0.717) is 17.4 Å². The zero-order valence-electron chi connectivity index (χ0n) is 26.2. The van der Waals surface area contributed by atoms with E-state index in [1.54, 1.807) is 12.1 Å². The Kier molecular flexibility index (Phi) is 11.4. The van der Waals surface area contributed by atoms with Gasteiger partial charge in [0, 0.05) is 54.2 Å². The molecule has 1 aromatic carbocycles. The van der Waals surface area contributed by atoms with E-state index in [2.05, 4.69) is 9.97 Å². The van der Waals surface area contributed by atoms with Crippen LogP contribution in [0.15, 0.2) is 41.5 Å². The molecule has 3 aromatic heterocycles. The smallest absolute Gasteiger partial charge is 0.255 e. The number of pyridine rings is 2. The number of aromatic nitrogens is 3. The molecule has 0 radical (unpaired) electrons. The number of rotatable bonds is 6. The molecule has 1 fully saturated rings. The van der Waals surface area contributed by atoms with Crippen LogP contribution in [0.4, 0.5) is 8.78 Å². The lowest BCUT2D eigenvalue weighted by molar-refractivity contribution is 0.0993. The Bertz CT molecular complexity index is 1900. The first-order chi connectivity index (χ1) is 21.4. The molecule has 10 nitrogen and oxygen atoms in total. The molecule has 0 saturated heterocycles. The fourth-order valence-electron chi connectivity index (χ4n) is 4.95. The normalized spacial score (nSPS) is 13.2. The third kappa shape index (κ3) is 7.47. The molecule has 4 heterocycles. The van der Waals surface area contributed by atoms with Crippen LogP contribution in [0.1, 0.15) is 79.4 Å². The molecule has 4 aromatic rings. The lowest BCUT2D eigenvalue weighted by Crippen LogP contribution is -2.15. The van der Waals surface area contributed by atoms with Gasteiger partial charge in [-0.05, 0) is 37.1 Å². The van der Waals surface area contributed by atoms with Gasteiger partial charge in [0.05, 0.1) is 40.6 Å². The number of aromatic amines is 1. The minimum absolute atomic E-state index is 0.0208. The van der Waals surface area contributed by atoms with Crippen molar-refractivity contribution in [2.24, 2.45) is 5.73 Å². The highest BCUT2D eigenvalue weighted by molar-refractivity contribution is 7.91. The van der Waals surface area contributed by atoms with Gasteiger partial charge >= 0.3 is 0 Å². The number of H-pyrrole nitrogens is 1. The maximum Gasteiger partial charge on any atom is 0.255 e. The molecule has 1 aliphatic carbocycles. The summed E-state index contributed by atoms with van der Waals surface area (Å²) in [5, 5.41) is 0.405. The maximum atomic E-state index is 15.0. The number of primary amides is 1. The van der Waals surface area contributed by atoms with Crippen LogP contribution >= 0.6 is 0 Å². The van der Waals surface area contributed by atoms with Crippen molar-refractivity contribution >= 4 is 32.4 Å². The molecular weight excluding hydrogens is 606 g/mol. The number of ether oxygens (including phenoxy) is 1. The van der Waals surface area contributed by atoms with Crippen molar-refractivity contribution in [2.75, 3.05) is 12.9 Å². The zero-order chi connectivity index (χ0) is 33.6. The number of fused-ring (bicyclic) bond motifs is 3. The largest absolute Gasteiger partial charge is 0.492 e. The number of hydrogen-bond acceptors (Lipinski definition) is 7. The molecule has 1 aliphatic heterocycles. The SMILES string of the molecule is CC.CC.CC(=O)c1c(-c2ccc[nH]c2=O)c2c3c(c(F)cc2n1Cc1cc(C(N)=O)cnc1F)CCO3.CS(=O)(=O)C1CC1. The first-order valence-corrected chi connectivity index (χ1v) is 16.7. The van der Waals surface area contributed by atoms with Gasteiger partial charge in [-0.2, -0.15) is 4.39 Å². The Morgan fingerprint density at radius 2 is 1.82 bits per heavy atom. The van der Waals surface area contributed by atoms with E-state index in [1.807, 2.05) is 27.7 Å². The van der Waals surface area contributed by atoms with Gasteiger partial charge in [0.1, 0.15) is 21.4 Å². The summed E-state index contributed by atoms with van der Waals surface area (Å²) in [7, 11) is -2.63. The number of ketones is 1. The van der Waals surface area contributed by atoms with Gasteiger partial charge in [-0.15, -0.1) is 0 Å². The molecule has 2 aliphatic rings. The number of nitrogens with two attached hydrogens (primary N) is 1. The van der Waals surface area contributed by atoms with Gasteiger partial charge in [0.25, 0.3) is 5.56 Å². The average molecular weight is 645 g/mol. The average Bonchev–Trinajstić information content (AvgIpc) is 3.69. The molecule has 3 N–H and O–H groups in total. The highest BCUT2D eigenvalue weighted by Gasteiger charge is 2.32. The molecule has 0 atom stereocenters. The molecule has 242 valence electrons. The highest BCUT2D eigenvalue weighted by atomic mass is 32.2. The fourth-order valence-corrected chi connectivity index (χ4v) is 5.94. The van der Waals surface area contributed by atoms with Crippen molar-refractivity contribution in [3.8, 4) is 16.9 Å². The van der Waals surface area contributed by atoms with Crippen LogP contribution in [0.5, 0.6) is 5.75 Å². The van der Waals surface area contributed by atoms with Crippen LogP contribution < -0.4 is 16.0 Å². The first kappa shape index (κ1) is 35.1. The summed E-state index contributed by atoms with van der Waals surface area (Å²) in [6.07, 6.45) is 5.87. The third-order valence-electron chi connectivity index (χ3n) is 7.03. The lowest BCUT2D eigenvalue weighted by atomic mass is 9.99. The Balaban J connectivity index is 0.000000433. The highest BCUT2D eigenvalue weighted by Crippen LogP contribution is 2.44. The Morgan fingerprint density at radius 3 is 2.36 bits per heavy atom. The third-order valence-corrected chi connectivity index (χ3v) is 8.71. The predicted molar refractivity (Wildman–Crippen MR) is 170 cm³/mol. The Labute approximate surface area is 260 Å². The van der Waals surface area contributed by atoms with Crippen LogP contribution in [0, 0.1) is 11.8 Å². The maximum absolute atomic E-state index is 15.0. The van der Waals surface area contributed by atoms with Crippen molar-refractivity contribution in [3.05, 3.63) is 81.2 Å². The van der Waals surface area contributed by atoms with Crippen LogP contribution in [0.2, 0.25) is 0 Å². The van der Waals surface area contributed by atoms with Crippen molar-refractivity contribution in [1.29, 1.82) is 0 Å². The number of nitrogens with one attached hydrogen (secondary N) is 1. The number of carbonyl (C=O) groups excluding carboxylic acids is 2. The van der Waals surface area contributed by atoms with Crippen LogP contribution in [-0.4, -0.2) is 52.8 Å². The zero-order valence-corrected chi connectivity index (χ0v) is 27.0. The van der Waals surface area contributed by atoms with E-state index >= 15 is 4.39 Å². The van der Waals surface area contributed by atoms with Gasteiger partial charge in [0.15, 0.2) is 5.78 Å². The lowest BCUT2D eigenvalue weighted by Gasteiger charge is -2.12. The summed E-state index contributed by atoms with van der Waals surface area (Å²) in [5.74, 6) is -2.39. The summed E-state index contributed by atoms with van der Waals surface area (Å²) in [5.41, 5.74) is 5.90. The topological polar surface area (TPSA) is 154 Å². The van der Waals surface area contributed by atoms with Crippen molar-refractivity contribution in [1.82, 2.24) is 14.5 Å². The number of hydrogen-bond donors (Lipinski definition) is 2. The monoisotopic (exact) mass is 644 g/mol.